The number of halogens is 3. The molecule has 0 heterocycles. The van der Waals surface area contributed by atoms with Crippen LogP contribution in [-0.2, 0) is 4.79 Å². The Morgan fingerprint density at radius 1 is 1.58 bits per heavy atom. The lowest BCUT2D eigenvalue weighted by atomic mass is 10.2. The lowest BCUT2D eigenvalue weighted by molar-refractivity contribution is -0.117. The number of carbonyl (C=O) groups excluding carboxylic acids is 1. The van der Waals surface area contributed by atoms with Gasteiger partial charge in [0.2, 0.25) is 5.91 Å². The van der Waals surface area contributed by atoms with Crippen molar-refractivity contribution in [2.24, 2.45) is 10.8 Å². The van der Waals surface area contributed by atoms with Crippen LogP contribution in [0.5, 0.6) is 0 Å². The topological polar surface area (TPSA) is 104 Å². The maximum absolute atomic E-state index is 13.7. The number of rotatable bonds is 5. The molecule has 102 valence electrons. The van der Waals surface area contributed by atoms with E-state index in [0.717, 1.165) is 0 Å². The van der Waals surface area contributed by atoms with E-state index >= 15 is 0 Å². The van der Waals surface area contributed by atoms with E-state index in [9.17, 15) is 9.18 Å². The van der Waals surface area contributed by atoms with Crippen LogP contribution in [0.4, 0.5) is 10.1 Å². The van der Waals surface area contributed by atoms with Crippen molar-refractivity contribution in [3.8, 4) is 0 Å². The van der Waals surface area contributed by atoms with E-state index in [1.54, 1.807) is 0 Å². The quantitative estimate of drug-likeness (QED) is 0.377. The second-order valence-corrected chi connectivity index (χ2v) is 4.35. The molecule has 0 radical (unpaired) electrons. The van der Waals surface area contributed by atoms with Crippen molar-refractivity contribution < 1.29 is 9.18 Å². The predicted molar refractivity (Wildman–Crippen MR) is 71.7 cm³/mol. The summed E-state index contributed by atoms with van der Waals surface area (Å²) < 4.78 is 13.7. The number of nitrogens with two attached hydrogens (primary N) is 1. The van der Waals surface area contributed by atoms with Gasteiger partial charge in [0.1, 0.15) is 0 Å². The molecule has 19 heavy (non-hydrogen) atoms. The van der Waals surface area contributed by atoms with E-state index < -0.39 is 17.8 Å². The second kappa shape index (κ2) is 7.16. The Labute approximate surface area is 118 Å². The van der Waals surface area contributed by atoms with Crippen molar-refractivity contribution in [1.82, 2.24) is 0 Å². The van der Waals surface area contributed by atoms with E-state index in [1.807, 2.05) is 0 Å². The molecule has 1 unspecified atom stereocenters. The van der Waals surface area contributed by atoms with Crippen LogP contribution in [-0.4, -0.2) is 18.5 Å². The molecular weight excluding hydrogens is 296 g/mol. The van der Waals surface area contributed by atoms with E-state index in [4.69, 9.17) is 34.5 Å². The zero-order valence-electron chi connectivity index (χ0n) is 9.61. The van der Waals surface area contributed by atoms with Crippen LogP contribution in [0.2, 0.25) is 10.0 Å². The monoisotopic (exact) mass is 305 g/mol. The van der Waals surface area contributed by atoms with Crippen LogP contribution in [0.3, 0.4) is 0 Å². The van der Waals surface area contributed by atoms with Crippen molar-refractivity contribution in [3.05, 3.63) is 38.4 Å². The van der Waals surface area contributed by atoms with Crippen LogP contribution in [0, 0.1) is 5.82 Å². The second-order valence-electron chi connectivity index (χ2n) is 3.56. The van der Waals surface area contributed by atoms with Gasteiger partial charge in [-0.25, -0.2) is 4.39 Å². The SMILES string of the molecule is [N-]=[N+]=NCCC(N)C(=O)Nc1ccc(Cl)c(Cl)c1F. The van der Waals surface area contributed by atoms with Crippen LogP contribution in [0.15, 0.2) is 17.2 Å². The minimum atomic E-state index is -0.917. The minimum absolute atomic E-state index is 0.0461. The van der Waals surface area contributed by atoms with Gasteiger partial charge in [-0.05, 0) is 24.1 Å². The molecule has 1 atom stereocenters. The Bertz CT molecular complexity index is 533. The van der Waals surface area contributed by atoms with Crippen LogP contribution < -0.4 is 11.1 Å². The summed E-state index contributed by atoms with van der Waals surface area (Å²) in [6, 6.07) is 1.72. The number of carbonyl (C=O) groups is 1. The molecule has 0 aliphatic rings. The Balaban J connectivity index is 2.71. The molecule has 0 bridgehead atoms. The molecule has 9 heteroatoms. The number of anilines is 1. The fourth-order valence-corrected chi connectivity index (χ4v) is 1.53. The third kappa shape index (κ3) is 4.25. The Morgan fingerprint density at radius 3 is 2.89 bits per heavy atom. The van der Waals surface area contributed by atoms with Gasteiger partial charge in [-0.1, -0.05) is 28.3 Å². The summed E-state index contributed by atoms with van der Waals surface area (Å²) in [5.74, 6) is -1.44. The van der Waals surface area contributed by atoms with Gasteiger partial charge < -0.3 is 11.1 Å². The number of nitrogens with zero attached hydrogens (tertiary/aromatic N) is 3. The molecule has 0 spiro atoms. The average molecular weight is 306 g/mol. The smallest absolute Gasteiger partial charge is 0.241 e. The predicted octanol–water partition coefficient (Wildman–Crippen LogP) is 3.10. The van der Waals surface area contributed by atoms with Gasteiger partial charge in [0.25, 0.3) is 0 Å². The lowest BCUT2D eigenvalue weighted by Gasteiger charge is -2.12. The fourth-order valence-electron chi connectivity index (χ4n) is 1.22. The zero-order valence-corrected chi connectivity index (χ0v) is 11.1. The molecule has 3 N–H and O–H groups in total. The van der Waals surface area contributed by atoms with Gasteiger partial charge in [0, 0.05) is 11.5 Å². The maximum atomic E-state index is 13.7. The summed E-state index contributed by atoms with van der Waals surface area (Å²) in [5, 5.41) is 5.31. The zero-order chi connectivity index (χ0) is 14.4. The summed E-state index contributed by atoms with van der Waals surface area (Å²) >= 11 is 11.2. The molecule has 1 aromatic rings. The normalized spacial score (nSPS) is 11.6. The van der Waals surface area contributed by atoms with Crippen molar-refractivity contribution in [1.29, 1.82) is 0 Å². The van der Waals surface area contributed by atoms with Gasteiger partial charge in [-0.15, -0.1) is 0 Å². The van der Waals surface area contributed by atoms with Crippen molar-refractivity contribution in [2.45, 2.75) is 12.5 Å². The van der Waals surface area contributed by atoms with Crippen molar-refractivity contribution in [3.63, 3.8) is 0 Å². The summed E-state index contributed by atoms with van der Waals surface area (Å²) in [6.45, 7) is 0.0783. The summed E-state index contributed by atoms with van der Waals surface area (Å²) in [5.41, 5.74) is 13.5. The van der Waals surface area contributed by atoms with E-state index in [-0.39, 0.29) is 28.7 Å². The van der Waals surface area contributed by atoms with Gasteiger partial charge in [0.15, 0.2) is 5.82 Å². The Kier molecular flexibility index (Phi) is 5.85. The molecule has 1 aromatic carbocycles. The number of amides is 1. The molecule has 0 aliphatic carbocycles. The standard InChI is InChI=1S/C10H10Cl2FN5O/c11-5-1-2-7(9(13)8(5)12)17-10(19)6(14)3-4-16-18-15/h1-2,6H,3-4,14H2,(H,17,19). The molecule has 0 aliphatic heterocycles. The van der Waals surface area contributed by atoms with Crippen LogP contribution in [0.25, 0.3) is 10.4 Å². The van der Waals surface area contributed by atoms with Gasteiger partial charge in [-0.2, -0.15) is 0 Å². The first-order valence-electron chi connectivity index (χ1n) is 5.18. The average Bonchev–Trinajstić information content (AvgIpc) is 2.39. The van der Waals surface area contributed by atoms with Gasteiger partial charge >= 0.3 is 0 Å². The Morgan fingerprint density at radius 2 is 2.26 bits per heavy atom. The highest BCUT2D eigenvalue weighted by Crippen LogP contribution is 2.29. The molecule has 0 aromatic heterocycles. The summed E-state index contributed by atoms with van der Waals surface area (Å²) in [7, 11) is 0. The first-order valence-corrected chi connectivity index (χ1v) is 5.93. The van der Waals surface area contributed by atoms with Crippen molar-refractivity contribution in [2.75, 3.05) is 11.9 Å². The fraction of sp³-hybridized carbons (Fsp3) is 0.300. The third-order valence-electron chi connectivity index (χ3n) is 2.23. The summed E-state index contributed by atoms with van der Waals surface area (Å²) in [4.78, 5) is 14.2. The number of azide groups is 1. The number of nitrogens with one attached hydrogen (secondary N) is 1. The minimum Gasteiger partial charge on any atom is -0.322 e. The first-order chi connectivity index (χ1) is 8.97. The number of benzene rings is 1. The molecule has 1 amide bonds. The Hall–Kier alpha value is -1.53. The molecule has 6 nitrogen and oxygen atoms in total. The van der Waals surface area contributed by atoms with Crippen LogP contribution in [0.1, 0.15) is 6.42 Å². The number of hydrogen-bond donors (Lipinski definition) is 2. The number of hydrogen-bond acceptors (Lipinski definition) is 3. The van der Waals surface area contributed by atoms with E-state index in [0.29, 0.717) is 0 Å². The molecule has 0 saturated heterocycles. The highest BCUT2D eigenvalue weighted by atomic mass is 35.5. The molecule has 1 rings (SSSR count). The third-order valence-corrected chi connectivity index (χ3v) is 3.01. The van der Waals surface area contributed by atoms with Crippen molar-refractivity contribution >= 4 is 34.8 Å². The highest BCUT2D eigenvalue weighted by molar-refractivity contribution is 6.42. The highest BCUT2D eigenvalue weighted by Gasteiger charge is 2.17. The molecular formula is C10H10Cl2FN5O. The van der Waals surface area contributed by atoms with Gasteiger partial charge in [0.05, 0.1) is 21.8 Å². The maximum Gasteiger partial charge on any atom is 0.241 e. The summed E-state index contributed by atoms with van der Waals surface area (Å²) in [6.07, 6.45) is 0.152. The van der Waals surface area contributed by atoms with Crippen LogP contribution >= 0.6 is 23.2 Å². The lowest BCUT2D eigenvalue weighted by Crippen LogP contribution is -2.36. The largest absolute Gasteiger partial charge is 0.322 e. The molecule has 0 fully saturated rings. The van der Waals surface area contributed by atoms with E-state index in [2.05, 4.69) is 15.3 Å². The first kappa shape index (κ1) is 15.5. The van der Waals surface area contributed by atoms with E-state index in [1.165, 1.54) is 12.1 Å². The molecule has 0 saturated carbocycles. The van der Waals surface area contributed by atoms with Gasteiger partial charge in [-0.3, -0.25) is 4.79 Å².